The molecule has 0 spiro atoms. The second kappa shape index (κ2) is 11.5. The van der Waals surface area contributed by atoms with Gasteiger partial charge in [-0.3, -0.25) is 9.63 Å². The summed E-state index contributed by atoms with van der Waals surface area (Å²) in [6, 6.07) is 0. The van der Waals surface area contributed by atoms with Crippen molar-refractivity contribution in [2.24, 2.45) is 5.92 Å². The van der Waals surface area contributed by atoms with E-state index in [-0.39, 0.29) is 12.0 Å². The molecule has 1 amide bonds. The van der Waals surface area contributed by atoms with Crippen LogP contribution in [-0.4, -0.2) is 12.0 Å². The van der Waals surface area contributed by atoms with Gasteiger partial charge in [0, 0.05) is 6.42 Å². The standard InChI is InChI=1S/C15H31NO2/c1-5-8-10-14(11-9-6-2)12-13(4)18-16-15(17)7-3/h13-14H,5-12H2,1-4H3,(H,16,17). The highest BCUT2D eigenvalue weighted by atomic mass is 16.7. The fourth-order valence-corrected chi connectivity index (χ4v) is 2.12. The molecule has 3 heteroatoms. The van der Waals surface area contributed by atoms with Crippen LogP contribution in [0.3, 0.4) is 0 Å². The van der Waals surface area contributed by atoms with Crippen LogP contribution in [0.1, 0.15) is 79.1 Å². The molecular formula is C15H31NO2. The van der Waals surface area contributed by atoms with Crippen LogP contribution in [0, 0.1) is 5.92 Å². The molecule has 0 aliphatic heterocycles. The fourth-order valence-electron chi connectivity index (χ4n) is 2.12. The van der Waals surface area contributed by atoms with Crippen molar-refractivity contribution < 1.29 is 9.63 Å². The van der Waals surface area contributed by atoms with Gasteiger partial charge in [-0.15, -0.1) is 0 Å². The third-order valence-corrected chi connectivity index (χ3v) is 3.29. The normalized spacial score (nSPS) is 12.7. The highest BCUT2D eigenvalue weighted by Crippen LogP contribution is 2.22. The molecule has 1 atom stereocenters. The minimum absolute atomic E-state index is 0.0412. The zero-order valence-electron chi connectivity index (χ0n) is 12.6. The number of unbranched alkanes of at least 4 members (excludes halogenated alkanes) is 2. The van der Waals surface area contributed by atoms with Gasteiger partial charge in [-0.25, -0.2) is 5.48 Å². The van der Waals surface area contributed by atoms with E-state index in [1.165, 1.54) is 38.5 Å². The van der Waals surface area contributed by atoms with E-state index in [0.29, 0.717) is 6.42 Å². The molecular weight excluding hydrogens is 226 g/mol. The van der Waals surface area contributed by atoms with Crippen molar-refractivity contribution >= 4 is 5.91 Å². The summed E-state index contributed by atoms with van der Waals surface area (Å²) in [6.07, 6.45) is 9.29. The first-order chi connectivity index (χ1) is 8.63. The van der Waals surface area contributed by atoms with Gasteiger partial charge in [0.1, 0.15) is 0 Å². The maximum absolute atomic E-state index is 11.1. The van der Waals surface area contributed by atoms with E-state index in [2.05, 4.69) is 19.3 Å². The van der Waals surface area contributed by atoms with Crippen LogP contribution in [0.2, 0.25) is 0 Å². The summed E-state index contributed by atoms with van der Waals surface area (Å²) in [6.45, 7) is 8.34. The lowest BCUT2D eigenvalue weighted by atomic mass is 9.91. The molecule has 1 N–H and O–H groups in total. The maximum atomic E-state index is 11.1. The number of carbonyl (C=O) groups excluding carboxylic acids is 1. The lowest BCUT2D eigenvalue weighted by Crippen LogP contribution is -2.28. The molecule has 1 unspecified atom stereocenters. The SMILES string of the molecule is CCCCC(CCCC)CC(C)ONC(=O)CC. The van der Waals surface area contributed by atoms with Gasteiger partial charge in [0.15, 0.2) is 0 Å². The number of hydroxylamine groups is 1. The first-order valence-electron chi connectivity index (χ1n) is 7.58. The smallest absolute Gasteiger partial charge is 0.243 e. The van der Waals surface area contributed by atoms with Gasteiger partial charge in [-0.2, -0.15) is 0 Å². The van der Waals surface area contributed by atoms with Gasteiger partial charge >= 0.3 is 0 Å². The van der Waals surface area contributed by atoms with Crippen LogP contribution in [0.15, 0.2) is 0 Å². The Labute approximate surface area is 113 Å². The third kappa shape index (κ3) is 9.46. The first kappa shape index (κ1) is 17.4. The molecule has 0 heterocycles. The summed E-state index contributed by atoms with van der Waals surface area (Å²) in [5, 5.41) is 0. The van der Waals surface area contributed by atoms with E-state index in [1.54, 1.807) is 0 Å². The van der Waals surface area contributed by atoms with Crippen molar-refractivity contribution in [2.75, 3.05) is 0 Å². The van der Waals surface area contributed by atoms with Crippen molar-refractivity contribution in [1.29, 1.82) is 0 Å². The molecule has 0 saturated carbocycles. The topological polar surface area (TPSA) is 38.3 Å². The largest absolute Gasteiger partial charge is 0.273 e. The number of amides is 1. The van der Waals surface area contributed by atoms with Crippen molar-refractivity contribution in [3.63, 3.8) is 0 Å². The summed E-state index contributed by atoms with van der Waals surface area (Å²) >= 11 is 0. The molecule has 0 fully saturated rings. The van der Waals surface area contributed by atoms with E-state index < -0.39 is 0 Å². The first-order valence-corrected chi connectivity index (χ1v) is 7.58. The van der Waals surface area contributed by atoms with Gasteiger partial charge < -0.3 is 0 Å². The van der Waals surface area contributed by atoms with Crippen molar-refractivity contribution in [3.05, 3.63) is 0 Å². The van der Waals surface area contributed by atoms with Gasteiger partial charge in [-0.05, 0) is 19.3 Å². The second-order valence-electron chi connectivity index (χ2n) is 5.19. The van der Waals surface area contributed by atoms with Gasteiger partial charge in [0.2, 0.25) is 5.91 Å². The molecule has 3 nitrogen and oxygen atoms in total. The summed E-state index contributed by atoms with van der Waals surface area (Å²) < 4.78 is 0. The molecule has 18 heavy (non-hydrogen) atoms. The summed E-state index contributed by atoms with van der Waals surface area (Å²) in [5.74, 6) is 0.693. The van der Waals surface area contributed by atoms with E-state index in [4.69, 9.17) is 4.84 Å². The minimum atomic E-state index is -0.0412. The van der Waals surface area contributed by atoms with E-state index >= 15 is 0 Å². The summed E-state index contributed by atoms with van der Waals surface area (Å²) in [4.78, 5) is 16.5. The van der Waals surface area contributed by atoms with Gasteiger partial charge in [0.05, 0.1) is 6.10 Å². The number of carbonyl (C=O) groups is 1. The summed E-state index contributed by atoms with van der Waals surface area (Å²) in [7, 11) is 0. The van der Waals surface area contributed by atoms with Crippen molar-refractivity contribution in [1.82, 2.24) is 5.48 Å². The number of hydrogen-bond donors (Lipinski definition) is 1. The Morgan fingerprint density at radius 2 is 1.67 bits per heavy atom. The molecule has 0 rings (SSSR count). The van der Waals surface area contributed by atoms with Crippen LogP contribution in [0.5, 0.6) is 0 Å². The van der Waals surface area contributed by atoms with Crippen LogP contribution in [0.4, 0.5) is 0 Å². The fraction of sp³-hybridized carbons (Fsp3) is 0.933. The lowest BCUT2D eigenvalue weighted by molar-refractivity contribution is -0.138. The highest BCUT2D eigenvalue weighted by molar-refractivity contribution is 5.74. The molecule has 0 aliphatic rings. The van der Waals surface area contributed by atoms with E-state index in [0.717, 1.165) is 12.3 Å². The Morgan fingerprint density at radius 3 is 2.11 bits per heavy atom. The molecule has 0 radical (unpaired) electrons. The Kier molecular flexibility index (Phi) is 11.2. The molecule has 0 aromatic rings. The average molecular weight is 257 g/mol. The Morgan fingerprint density at radius 1 is 1.11 bits per heavy atom. The minimum Gasteiger partial charge on any atom is -0.273 e. The monoisotopic (exact) mass is 257 g/mol. The molecule has 0 bridgehead atoms. The summed E-state index contributed by atoms with van der Waals surface area (Å²) in [5.41, 5.74) is 2.51. The third-order valence-electron chi connectivity index (χ3n) is 3.29. The van der Waals surface area contributed by atoms with E-state index in [1.807, 2.05) is 13.8 Å². The van der Waals surface area contributed by atoms with Crippen LogP contribution >= 0.6 is 0 Å². The van der Waals surface area contributed by atoms with Crippen LogP contribution in [-0.2, 0) is 9.63 Å². The van der Waals surface area contributed by atoms with Crippen molar-refractivity contribution in [3.8, 4) is 0 Å². The zero-order chi connectivity index (χ0) is 13.8. The van der Waals surface area contributed by atoms with E-state index in [9.17, 15) is 4.79 Å². The van der Waals surface area contributed by atoms with Gasteiger partial charge in [0.25, 0.3) is 0 Å². The van der Waals surface area contributed by atoms with Crippen LogP contribution in [0.25, 0.3) is 0 Å². The van der Waals surface area contributed by atoms with Gasteiger partial charge in [-0.1, -0.05) is 59.3 Å². The van der Waals surface area contributed by atoms with Crippen molar-refractivity contribution in [2.45, 2.75) is 85.2 Å². The number of nitrogens with one attached hydrogen (secondary N) is 1. The number of rotatable bonds is 11. The molecule has 108 valence electrons. The lowest BCUT2D eigenvalue weighted by Gasteiger charge is -2.21. The van der Waals surface area contributed by atoms with Crippen LogP contribution < -0.4 is 5.48 Å². The highest BCUT2D eigenvalue weighted by Gasteiger charge is 2.14. The Bertz CT molecular complexity index is 199. The predicted octanol–water partition coefficient (Wildman–Crippen LogP) is 4.22. The zero-order valence-corrected chi connectivity index (χ0v) is 12.6. The second-order valence-corrected chi connectivity index (χ2v) is 5.19. The number of hydrogen-bond acceptors (Lipinski definition) is 2. The average Bonchev–Trinajstić information content (AvgIpc) is 2.38. The molecule has 0 aromatic carbocycles. The molecule has 0 aromatic heterocycles. The Hall–Kier alpha value is -0.570. The quantitative estimate of drug-likeness (QED) is 0.563. The molecule has 0 aliphatic carbocycles. The predicted molar refractivity (Wildman–Crippen MR) is 76.1 cm³/mol. The Balaban J connectivity index is 3.91. The maximum Gasteiger partial charge on any atom is 0.243 e. The molecule has 0 saturated heterocycles.